The quantitative estimate of drug-likeness (QED) is 0.839. The van der Waals surface area contributed by atoms with Crippen LogP contribution >= 0.6 is 0 Å². The van der Waals surface area contributed by atoms with Crippen molar-refractivity contribution in [1.82, 2.24) is 5.06 Å². The molecule has 0 atom stereocenters. The maximum atomic E-state index is 12.7. The highest BCUT2D eigenvalue weighted by atomic mass is 19.1. The molecule has 0 saturated carbocycles. The summed E-state index contributed by atoms with van der Waals surface area (Å²) >= 11 is 0. The van der Waals surface area contributed by atoms with Gasteiger partial charge in [-0.2, -0.15) is 0 Å². The summed E-state index contributed by atoms with van der Waals surface area (Å²) in [6.07, 6.45) is 1.76. The summed E-state index contributed by atoms with van der Waals surface area (Å²) in [6.45, 7) is 6.15. The minimum atomic E-state index is -0.992. The number of carbonyl (C=O) groups excluding carboxylic acids is 1. The zero-order valence-corrected chi connectivity index (χ0v) is 11.5. The van der Waals surface area contributed by atoms with E-state index in [0.29, 0.717) is 17.0 Å². The molecule has 0 fully saturated rings. The molecule has 1 aliphatic rings. The van der Waals surface area contributed by atoms with Crippen molar-refractivity contribution in [3.8, 4) is 0 Å². The molecule has 0 aliphatic carbocycles. The van der Waals surface area contributed by atoms with E-state index < -0.39 is 6.86 Å². The third-order valence-electron chi connectivity index (χ3n) is 3.10. The van der Waals surface area contributed by atoms with Crippen LogP contribution in [0.25, 0.3) is 5.70 Å². The number of nitrogens with zero attached hydrogens (tertiary/aromatic N) is 1. The van der Waals surface area contributed by atoms with Crippen LogP contribution in [0.1, 0.15) is 19.4 Å². The van der Waals surface area contributed by atoms with E-state index in [-0.39, 0.29) is 5.78 Å². The maximum Gasteiger partial charge on any atom is 0.215 e. The number of Topliss-reactive ketones (excluding diaryl/α,β-unsaturated/α-hetero) is 1. The van der Waals surface area contributed by atoms with Gasteiger partial charge in [0.15, 0.2) is 5.78 Å². The molecule has 0 N–H and O–H groups in total. The molecular formula is C16H16FNO2. The van der Waals surface area contributed by atoms with Crippen LogP contribution < -0.4 is 0 Å². The lowest BCUT2D eigenvalue weighted by molar-refractivity contribution is -0.124. The number of carbonyl (C=O) groups is 1. The molecular weight excluding hydrogens is 257 g/mol. The monoisotopic (exact) mass is 273 g/mol. The van der Waals surface area contributed by atoms with Gasteiger partial charge >= 0.3 is 0 Å². The van der Waals surface area contributed by atoms with E-state index in [9.17, 15) is 9.18 Å². The van der Waals surface area contributed by atoms with Crippen molar-refractivity contribution in [2.45, 2.75) is 13.8 Å². The summed E-state index contributed by atoms with van der Waals surface area (Å²) in [6, 6.07) is 9.46. The molecule has 1 aliphatic heterocycles. The Balaban J connectivity index is 2.57. The van der Waals surface area contributed by atoms with Gasteiger partial charge in [-0.25, -0.2) is 14.3 Å². The summed E-state index contributed by atoms with van der Waals surface area (Å²) < 4.78 is 12.7. The summed E-state index contributed by atoms with van der Waals surface area (Å²) in [7, 11) is 0. The first kappa shape index (κ1) is 14.2. The van der Waals surface area contributed by atoms with E-state index in [0.717, 1.165) is 11.1 Å². The molecule has 0 aromatic heterocycles. The number of benzene rings is 1. The Kier molecular flexibility index (Phi) is 4.15. The Hall–Kier alpha value is -2.20. The molecule has 0 spiro atoms. The first-order valence-corrected chi connectivity index (χ1v) is 6.23. The van der Waals surface area contributed by atoms with Crippen molar-refractivity contribution in [2.24, 2.45) is 0 Å². The second-order valence-corrected chi connectivity index (χ2v) is 4.49. The first-order valence-electron chi connectivity index (χ1n) is 6.23. The summed E-state index contributed by atoms with van der Waals surface area (Å²) in [5.74, 6) is -0.131. The number of rotatable bonds is 4. The van der Waals surface area contributed by atoms with Crippen molar-refractivity contribution >= 4 is 11.5 Å². The van der Waals surface area contributed by atoms with Gasteiger partial charge in [0.2, 0.25) is 6.86 Å². The molecule has 3 nitrogen and oxygen atoms in total. The maximum absolute atomic E-state index is 12.7. The van der Waals surface area contributed by atoms with E-state index in [1.165, 1.54) is 12.0 Å². The van der Waals surface area contributed by atoms with Crippen molar-refractivity contribution in [3.05, 3.63) is 65.4 Å². The highest BCUT2D eigenvalue weighted by molar-refractivity contribution is 5.99. The van der Waals surface area contributed by atoms with Crippen molar-refractivity contribution < 1.29 is 14.0 Å². The van der Waals surface area contributed by atoms with Gasteiger partial charge in [0.05, 0.1) is 11.4 Å². The van der Waals surface area contributed by atoms with Crippen LogP contribution in [-0.4, -0.2) is 17.7 Å². The molecule has 0 saturated heterocycles. The molecule has 1 aromatic carbocycles. The Morgan fingerprint density at radius 3 is 2.55 bits per heavy atom. The highest BCUT2D eigenvalue weighted by Crippen LogP contribution is 2.35. The molecule has 0 unspecified atom stereocenters. The smallest absolute Gasteiger partial charge is 0.215 e. The largest absolute Gasteiger partial charge is 0.294 e. The van der Waals surface area contributed by atoms with Gasteiger partial charge in [-0.05, 0) is 25.5 Å². The van der Waals surface area contributed by atoms with Gasteiger partial charge in [0.25, 0.3) is 0 Å². The minimum Gasteiger partial charge on any atom is -0.294 e. The lowest BCUT2D eigenvalue weighted by Gasteiger charge is -2.32. The van der Waals surface area contributed by atoms with Crippen LogP contribution in [0.3, 0.4) is 0 Å². The average Bonchev–Trinajstić information content (AvgIpc) is 2.43. The topological polar surface area (TPSA) is 29.5 Å². The number of hydroxylamine groups is 2. The van der Waals surface area contributed by atoms with Gasteiger partial charge in [-0.15, -0.1) is 0 Å². The van der Waals surface area contributed by atoms with Crippen LogP contribution in [-0.2, 0) is 9.63 Å². The molecule has 0 amide bonds. The summed E-state index contributed by atoms with van der Waals surface area (Å²) in [4.78, 5) is 16.6. The fraction of sp³-hybridized carbons (Fsp3) is 0.188. The summed E-state index contributed by atoms with van der Waals surface area (Å²) in [5.41, 5.74) is 3.16. The molecule has 2 rings (SSSR count). The second-order valence-electron chi connectivity index (χ2n) is 4.49. The highest BCUT2D eigenvalue weighted by Gasteiger charge is 2.26. The molecule has 1 heterocycles. The Labute approximate surface area is 117 Å². The van der Waals surface area contributed by atoms with Gasteiger partial charge in [-0.3, -0.25) is 4.79 Å². The fourth-order valence-electron chi connectivity index (χ4n) is 2.21. The zero-order valence-electron chi connectivity index (χ0n) is 11.5. The number of alkyl halides is 1. The first-order chi connectivity index (χ1) is 9.56. The lowest BCUT2D eigenvalue weighted by atomic mass is 9.97. The van der Waals surface area contributed by atoms with Crippen LogP contribution in [0.15, 0.2) is 59.8 Å². The van der Waals surface area contributed by atoms with Gasteiger partial charge in [0.1, 0.15) is 0 Å². The lowest BCUT2D eigenvalue weighted by Crippen LogP contribution is -2.27. The van der Waals surface area contributed by atoms with Gasteiger partial charge in [0, 0.05) is 11.1 Å². The van der Waals surface area contributed by atoms with Crippen LogP contribution in [0.5, 0.6) is 0 Å². The van der Waals surface area contributed by atoms with Crippen LogP contribution in [0.2, 0.25) is 0 Å². The van der Waals surface area contributed by atoms with Gasteiger partial charge in [-0.1, -0.05) is 36.9 Å². The number of hydrogen-bond acceptors (Lipinski definition) is 3. The minimum absolute atomic E-state index is 0.131. The fourth-order valence-corrected chi connectivity index (χ4v) is 2.21. The van der Waals surface area contributed by atoms with Gasteiger partial charge < -0.3 is 0 Å². The molecule has 0 bridgehead atoms. The molecule has 1 aromatic rings. The van der Waals surface area contributed by atoms with Crippen molar-refractivity contribution in [3.63, 3.8) is 0 Å². The van der Waals surface area contributed by atoms with E-state index >= 15 is 0 Å². The number of hydrogen-bond donors (Lipinski definition) is 0. The van der Waals surface area contributed by atoms with E-state index in [1.54, 1.807) is 6.08 Å². The Morgan fingerprint density at radius 1 is 1.35 bits per heavy atom. The number of halogens is 1. The number of allylic oxidation sites excluding steroid dienone is 3. The third kappa shape index (κ3) is 2.56. The predicted molar refractivity (Wildman–Crippen MR) is 75.8 cm³/mol. The van der Waals surface area contributed by atoms with E-state index in [4.69, 9.17) is 4.84 Å². The Morgan fingerprint density at radius 2 is 2.00 bits per heavy atom. The number of ketones is 1. The predicted octanol–water partition coefficient (Wildman–Crippen LogP) is 3.62. The normalized spacial score (nSPS) is 15.4. The SMILES string of the molecule is C=C1C(C(C)=O)=CC(C)=C(c2ccccc2)N1OCF. The Bertz CT molecular complexity index is 602. The molecule has 104 valence electrons. The standard InChI is InChI=1S/C16H16FNO2/c1-11-9-15(13(3)19)12(2)18(20-10-17)16(11)14-7-5-4-6-8-14/h4-9H,2,10H2,1,3H3. The summed E-state index contributed by atoms with van der Waals surface area (Å²) in [5, 5.41) is 1.29. The van der Waals surface area contributed by atoms with Crippen LogP contribution in [0, 0.1) is 0 Å². The third-order valence-corrected chi connectivity index (χ3v) is 3.10. The second kappa shape index (κ2) is 5.84. The average molecular weight is 273 g/mol. The van der Waals surface area contributed by atoms with Crippen molar-refractivity contribution in [2.75, 3.05) is 6.86 Å². The van der Waals surface area contributed by atoms with Crippen LogP contribution in [0.4, 0.5) is 4.39 Å². The molecule has 4 heteroatoms. The zero-order chi connectivity index (χ0) is 14.7. The van der Waals surface area contributed by atoms with E-state index in [2.05, 4.69) is 6.58 Å². The van der Waals surface area contributed by atoms with Crippen molar-refractivity contribution in [1.29, 1.82) is 0 Å². The van der Waals surface area contributed by atoms with E-state index in [1.807, 2.05) is 37.3 Å². The molecule has 20 heavy (non-hydrogen) atoms. The molecule has 0 radical (unpaired) electrons.